The summed E-state index contributed by atoms with van der Waals surface area (Å²) in [5.41, 5.74) is -1.99. The number of aromatic amines is 1. The van der Waals surface area contributed by atoms with E-state index in [0.29, 0.717) is 17.8 Å². The number of aromatic nitrogens is 6. The van der Waals surface area contributed by atoms with Gasteiger partial charge in [-0.2, -0.15) is 5.21 Å². The molecule has 0 unspecified atom stereocenters. The van der Waals surface area contributed by atoms with Gasteiger partial charge < -0.3 is 14.8 Å². The highest BCUT2D eigenvalue weighted by Gasteiger charge is 2.31. The van der Waals surface area contributed by atoms with Crippen LogP contribution in [0.4, 0.5) is 0 Å². The maximum Gasteiger partial charge on any atom is 0.354 e. The van der Waals surface area contributed by atoms with Crippen LogP contribution in [-0.4, -0.2) is 46.4 Å². The molecule has 2 aromatic heterocycles. The van der Waals surface area contributed by atoms with Crippen molar-refractivity contribution in [1.29, 1.82) is 0 Å². The smallest absolute Gasteiger partial charge is 0.354 e. The Morgan fingerprint density at radius 1 is 1.15 bits per heavy atom. The van der Waals surface area contributed by atoms with Gasteiger partial charge in [0.2, 0.25) is 5.82 Å². The Kier molecular flexibility index (Phi) is 4.30. The molecular formula is C24H26N6O3. The molecule has 0 spiro atoms. The van der Waals surface area contributed by atoms with Crippen molar-refractivity contribution in [2.45, 2.75) is 45.6 Å². The van der Waals surface area contributed by atoms with Crippen LogP contribution in [0, 0.1) is 0 Å². The number of hydrogen-bond acceptors (Lipinski definition) is 6. The van der Waals surface area contributed by atoms with Crippen LogP contribution in [0.5, 0.6) is 0 Å². The summed E-state index contributed by atoms with van der Waals surface area (Å²) >= 11 is 0. The molecule has 4 rings (SSSR count). The fraction of sp³-hybridized carbons (Fsp3) is 0.292. The van der Waals surface area contributed by atoms with Gasteiger partial charge in [-0.05, 0) is 42.0 Å². The number of carboxylic acids is 1. The fourth-order valence-corrected chi connectivity index (χ4v) is 3.73. The molecule has 0 atom stereocenters. The second-order valence-electron chi connectivity index (χ2n) is 7.55. The van der Waals surface area contributed by atoms with E-state index in [1.165, 1.54) is 4.57 Å². The number of benzene rings is 2. The van der Waals surface area contributed by atoms with E-state index in [-0.39, 0.29) is 18.8 Å². The summed E-state index contributed by atoms with van der Waals surface area (Å²) in [6.45, 7) is -5.18. The number of carboxylic acid groups (broad SMARTS) is 1. The highest BCUT2D eigenvalue weighted by molar-refractivity contribution is 5.87. The van der Waals surface area contributed by atoms with Gasteiger partial charge in [-0.25, -0.2) is 9.78 Å². The lowest BCUT2D eigenvalue weighted by Crippen LogP contribution is -2.22. The van der Waals surface area contributed by atoms with E-state index >= 15 is 0 Å². The summed E-state index contributed by atoms with van der Waals surface area (Å²) in [6, 6.07) is 14.7. The van der Waals surface area contributed by atoms with E-state index < -0.39 is 36.7 Å². The molecule has 0 aliphatic rings. The van der Waals surface area contributed by atoms with E-state index in [1.54, 1.807) is 12.1 Å². The molecule has 3 N–H and O–H groups in total. The second-order valence-corrected chi connectivity index (χ2v) is 7.55. The van der Waals surface area contributed by atoms with Gasteiger partial charge in [0.1, 0.15) is 17.1 Å². The summed E-state index contributed by atoms with van der Waals surface area (Å²) in [7, 11) is 0. The van der Waals surface area contributed by atoms with E-state index in [1.807, 2.05) is 43.3 Å². The van der Waals surface area contributed by atoms with Crippen molar-refractivity contribution in [3.05, 3.63) is 71.3 Å². The first-order chi connectivity index (χ1) is 18.3. The van der Waals surface area contributed by atoms with E-state index in [0.717, 1.165) is 16.7 Å². The number of imidazole rings is 1. The first-order valence-corrected chi connectivity index (χ1v) is 10.3. The number of carbonyl (C=O) groups is 1. The minimum Gasteiger partial charge on any atom is -0.477 e. The Balaban J connectivity index is 1.79. The Morgan fingerprint density at radius 2 is 1.88 bits per heavy atom. The third-order valence-corrected chi connectivity index (χ3v) is 5.18. The molecule has 0 bridgehead atoms. The number of aliphatic hydroxyl groups is 1. The van der Waals surface area contributed by atoms with Crippen LogP contribution in [0.15, 0.2) is 48.5 Å². The maximum absolute atomic E-state index is 12.4. The zero-order valence-electron chi connectivity index (χ0n) is 23.8. The number of rotatable bonds is 8. The molecule has 2 aromatic carbocycles. The van der Waals surface area contributed by atoms with Crippen LogP contribution in [0.1, 0.15) is 62.8 Å². The Labute approximate surface area is 199 Å². The van der Waals surface area contributed by atoms with Crippen LogP contribution in [0.2, 0.25) is 0 Å². The first-order valence-electron chi connectivity index (χ1n) is 13.3. The van der Waals surface area contributed by atoms with Crippen molar-refractivity contribution in [3.8, 4) is 22.5 Å². The third-order valence-electron chi connectivity index (χ3n) is 5.18. The Morgan fingerprint density at radius 3 is 2.48 bits per heavy atom. The fourth-order valence-electron chi connectivity index (χ4n) is 3.73. The molecule has 0 saturated heterocycles. The molecular weight excluding hydrogens is 420 g/mol. The van der Waals surface area contributed by atoms with Crippen LogP contribution >= 0.6 is 0 Å². The highest BCUT2D eigenvalue weighted by Crippen LogP contribution is 2.30. The molecule has 0 saturated carbocycles. The predicted octanol–water partition coefficient (Wildman–Crippen LogP) is 3.66. The molecule has 0 radical (unpaired) electrons. The summed E-state index contributed by atoms with van der Waals surface area (Å²) in [5, 5.41) is 35.2. The Bertz CT molecular complexity index is 1450. The molecule has 0 fully saturated rings. The van der Waals surface area contributed by atoms with Crippen molar-refractivity contribution in [2.24, 2.45) is 0 Å². The number of H-pyrrole nitrogens is 1. The summed E-state index contributed by atoms with van der Waals surface area (Å²) in [4.78, 5) is 16.5. The van der Waals surface area contributed by atoms with E-state index in [4.69, 9.17) is 8.22 Å². The van der Waals surface area contributed by atoms with Crippen molar-refractivity contribution in [1.82, 2.24) is 30.2 Å². The molecule has 170 valence electrons. The van der Waals surface area contributed by atoms with Crippen molar-refractivity contribution >= 4 is 5.97 Å². The van der Waals surface area contributed by atoms with Crippen molar-refractivity contribution in [3.63, 3.8) is 0 Å². The SMILES string of the molecule is [2H]C([2H])([2H])C(O)(c1nc(CCC)n(Cc2ccc(-c3ccccc3-c3nn[nH]n3)cc2)c1C(=O)O)C([2H])([2H])[2H]. The molecule has 0 aliphatic heterocycles. The van der Waals surface area contributed by atoms with Gasteiger partial charge in [-0.3, -0.25) is 0 Å². The number of nitrogens with one attached hydrogen (secondary N) is 1. The zero-order valence-corrected chi connectivity index (χ0v) is 17.8. The molecule has 33 heavy (non-hydrogen) atoms. The monoisotopic (exact) mass is 452 g/mol. The van der Waals surface area contributed by atoms with Crippen LogP contribution in [0.25, 0.3) is 22.5 Å². The summed E-state index contributed by atoms with van der Waals surface area (Å²) in [6.07, 6.45) is 0.746. The average molecular weight is 453 g/mol. The maximum atomic E-state index is 12.4. The van der Waals surface area contributed by atoms with Gasteiger partial charge >= 0.3 is 5.97 Å². The number of nitrogens with zero attached hydrogens (tertiary/aromatic N) is 5. The molecule has 0 aliphatic carbocycles. The molecule has 9 nitrogen and oxygen atoms in total. The van der Waals surface area contributed by atoms with Gasteiger partial charge in [-0.1, -0.05) is 55.5 Å². The highest BCUT2D eigenvalue weighted by atomic mass is 16.4. The van der Waals surface area contributed by atoms with Gasteiger partial charge in [0.05, 0.1) is 0 Å². The second kappa shape index (κ2) is 8.95. The van der Waals surface area contributed by atoms with Crippen LogP contribution in [0.3, 0.4) is 0 Å². The topological polar surface area (TPSA) is 130 Å². The predicted molar refractivity (Wildman–Crippen MR) is 123 cm³/mol. The standard InChI is InChI=1S/C24H26N6O3/c1-4-7-19-25-21(24(2,3)33)20(23(31)32)30(19)14-15-10-12-16(13-11-15)17-8-5-6-9-18(17)22-26-28-29-27-22/h5-6,8-13,33H,4,7,14H2,1-3H3,(H,31,32)(H,26,27,28,29)/i2D3,3D3. The number of aromatic carboxylic acids is 1. The lowest BCUT2D eigenvalue weighted by molar-refractivity contribution is 0.0602. The summed E-state index contributed by atoms with van der Waals surface area (Å²) in [5.74, 6) is -1.02. The molecule has 4 aromatic rings. The van der Waals surface area contributed by atoms with E-state index in [9.17, 15) is 15.0 Å². The van der Waals surface area contributed by atoms with Gasteiger partial charge in [0.15, 0.2) is 5.69 Å². The molecule has 0 amide bonds. The van der Waals surface area contributed by atoms with Gasteiger partial charge in [0, 0.05) is 26.8 Å². The molecule has 2 heterocycles. The average Bonchev–Trinajstić information content (AvgIpc) is 3.52. The number of hydrogen-bond donors (Lipinski definition) is 3. The minimum absolute atomic E-state index is 0.0468. The third kappa shape index (κ3) is 4.54. The van der Waals surface area contributed by atoms with E-state index in [2.05, 4.69) is 25.6 Å². The zero-order chi connectivity index (χ0) is 28.6. The quantitative estimate of drug-likeness (QED) is 0.372. The number of aryl methyl sites for hydroxylation is 1. The normalized spacial score (nSPS) is 15.1. The molecule has 9 heteroatoms. The summed E-state index contributed by atoms with van der Waals surface area (Å²) < 4.78 is 47.8. The lowest BCUT2D eigenvalue weighted by atomic mass is 9.98. The minimum atomic E-state index is -3.48. The van der Waals surface area contributed by atoms with Crippen molar-refractivity contribution < 1.29 is 23.2 Å². The van der Waals surface area contributed by atoms with Gasteiger partial charge in [-0.15, -0.1) is 10.2 Å². The van der Waals surface area contributed by atoms with Crippen LogP contribution < -0.4 is 0 Å². The van der Waals surface area contributed by atoms with Gasteiger partial charge in [0.25, 0.3) is 0 Å². The van der Waals surface area contributed by atoms with Crippen molar-refractivity contribution in [2.75, 3.05) is 0 Å². The lowest BCUT2D eigenvalue weighted by Gasteiger charge is -2.16. The number of tetrazole rings is 1. The Hall–Kier alpha value is -3.85. The first kappa shape index (κ1) is 15.9. The largest absolute Gasteiger partial charge is 0.477 e. The van der Waals surface area contributed by atoms with Crippen LogP contribution in [-0.2, 0) is 18.6 Å².